The number of hydrogen-bond donors (Lipinski definition) is 2. The Morgan fingerprint density at radius 2 is 1.88 bits per heavy atom. The molecule has 1 saturated heterocycles. The summed E-state index contributed by atoms with van der Waals surface area (Å²) in [5.74, 6) is -3.39. The Labute approximate surface area is 240 Å². The van der Waals surface area contributed by atoms with Crippen molar-refractivity contribution in [3.05, 3.63) is 93.7 Å². The summed E-state index contributed by atoms with van der Waals surface area (Å²) in [6, 6.07) is 13.7. The molecule has 1 aliphatic heterocycles. The molecule has 2 N–H and O–H groups in total. The molecule has 1 amide bonds. The lowest BCUT2D eigenvalue weighted by Gasteiger charge is -2.38. The summed E-state index contributed by atoms with van der Waals surface area (Å²) in [5.41, 5.74) is -0.814. The maximum absolute atomic E-state index is 14.5. The lowest BCUT2D eigenvalue weighted by atomic mass is 9.80. The van der Waals surface area contributed by atoms with Gasteiger partial charge in [-0.15, -0.1) is 11.3 Å². The smallest absolute Gasteiger partial charge is 0.419 e. The van der Waals surface area contributed by atoms with Crippen molar-refractivity contribution in [3.8, 4) is 11.3 Å². The van der Waals surface area contributed by atoms with Gasteiger partial charge in [0, 0.05) is 36.1 Å². The summed E-state index contributed by atoms with van der Waals surface area (Å²) in [5, 5.41) is 13.9. The van der Waals surface area contributed by atoms with Crippen molar-refractivity contribution in [2.45, 2.75) is 18.5 Å². The number of carbonyl (C=O) groups excluding carboxylic acids is 1. The Balaban J connectivity index is 1.31. The van der Waals surface area contributed by atoms with Crippen LogP contribution in [0.25, 0.3) is 11.3 Å². The van der Waals surface area contributed by atoms with E-state index in [-0.39, 0.29) is 32.9 Å². The molecule has 1 fully saturated rings. The number of anilines is 2. The first kappa shape index (κ1) is 28.5. The van der Waals surface area contributed by atoms with Gasteiger partial charge in [-0.3, -0.25) is 14.9 Å². The van der Waals surface area contributed by atoms with E-state index in [2.05, 4.69) is 15.3 Å². The molecule has 0 saturated carbocycles. The monoisotopic (exact) mass is 604 g/mol. The second kappa shape index (κ2) is 11.5. The number of pyridine rings is 1. The molecule has 5 rings (SSSR count). The zero-order valence-corrected chi connectivity index (χ0v) is 22.6. The van der Waals surface area contributed by atoms with Crippen LogP contribution in [0.15, 0.2) is 66.2 Å². The number of thiazole rings is 1. The number of carboxylic acids is 1. The number of halogens is 5. The largest absolute Gasteiger partial charge is 0.481 e. The van der Waals surface area contributed by atoms with E-state index in [1.54, 1.807) is 0 Å². The second-order valence-corrected chi connectivity index (χ2v) is 10.6. The molecule has 7 nitrogen and oxygen atoms in total. The molecule has 0 radical (unpaired) electrons. The van der Waals surface area contributed by atoms with Gasteiger partial charge < -0.3 is 10.0 Å². The van der Waals surface area contributed by atoms with E-state index in [0.29, 0.717) is 31.4 Å². The number of nitrogens with one attached hydrogen (secondary N) is 1. The van der Waals surface area contributed by atoms with Gasteiger partial charge in [-0.25, -0.2) is 14.4 Å². The molecular formula is C28H21ClF4N4O3S. The zero-order chi connectivity index (χ0) is 29.3. The maximum atomic E-state index is 14.5. The highest BCUT2D eigenvalue weighted by atomic mass is 35.5. The number of rotatable bonds is 6. The van der Waals surface area contributed by atoms with Crippen molar-refractivity contribution < 1.29 is 32.3 Å². The summed E-state index contributed by atoms with van der Waals surface area (Å²) < 4.78 is 53.7. The third kappa shape index (κ3) is 6.03. The van der Waals surface area contributed by atoms with Gasteiger partial charge in [0.05, 0.1) is 27.8 Å². The molecular weight excluding hydrogens is 584 g/mol. The minimum Gasteiger partial charge on any atom is -0.481 e. The van der Waals surface area contributed by atoms with Crippen molar-refractivity contribution in [2.75, 3.05) is 23.3 Å². The number of aromatic nitrogens is 2. The van der Waals surface area contributed by atoms with Crippen LogP contribution >= 0.6 is 22.9 Å². The number of aliphatic carboxylic acids is 1. The van der Waals surface area contributed by atoms with Gasteiger partial charge in [0.1, 0.15) is 11.6 Å². The Hall–Kier alpha value is -4.03. The topological polar surface area (TPSA) is 95.4 Å². The fourth-order valence-electron chi connectivity index (χ4n) is 4.84. The van der Waals surface area contributed by atoms with Gasteiger partial charge in [-0.05, 0) is 30.2 Å². The molecule has 0 aliphatic carbocycles. The van der Waals surface area contributed by atoms with Crippen molar-refractivity contribution in [2.24, 2.45) is 5.92 Å². The summed E-state index contributed by atoms with van der Waals surface area (Å²) in [7, 11) is 0. The third-order valence-electron chi connectivity index (χ3n) is 6.85. The average Bonchev–Trinajstić information content (AvgIpc) is 3.40. The van der Waals surface area contributed by atoms with Gasteiger partial charge in [0.15, 0.2) is 5.13 Å². The highest BCUT2D eigenvalue weighted by molar-refractivity contribution is 7.14. The maximum Gasteiger partial charge on any atom is 0.419 e. The molecule has 0 bridgehead atoms. The second-order valence-electron chi connectivity index (χ2n) is 9.38. The fraction of sp³-hybridized carbons (Fsp3) is 0.214. The number of carboxylic acid groups (broad SMARTS) is 1. The van der Waals surface area contributed by atoms with Gasteiger partial charge in [-0.1, -0.05) is 48.0 Å². The van der Waals surface area contributed by atoms with Crippen molar-refractivity contribution in [1.82, 2.24) is 9.97 Å². The highest BCUT2D eigenvalue weighted by Crippen LogP contribution is 2.38. The van der Waals surface area contributed by atoms with Crippen LogP contribution < -0.4 is 10.2 Å². The predicted octanol–water partition coefficient (Wildman–Crippen LogP) is 6.96. The van der Waals surface area contributed by atoms with Crippen molar-refractivity contribution in [1.29, 1.82) is 0 Å². The van der Waals surface area contributed by atoms with E-state index in [1.807, 2.05) is 35.2 Å². The molecule has 2 aromatic heterocycles. The van der Waals surface area contributed by atoms with Gasteiger partial charge in [0.2, 0.25) is 0 Å². The van der Waals surface area contributed by atoms with Crippen LogP contribution in [-0.2, 0) is 11.0 Å². The van der Waals surface area contributed by atoms with E-state index in [4.69, 9.17) is 11.6 Å². The van der Waals surface area contributed by atoms with Gasteiger partial charge in [0.25, 0.3) is 5.91 Å². The molecule has 2 atom stereocenters. The SMILES string of the molecule is O=C(Nc1nc(-c2cccc(C(F)(F)F)c2F)cs1)c1cnc(N2CC[C@@H](C(=O)O)[C@H](c3ccccc3)C2)c(Cl)c1. The first-order valence-electron chi connectivity index (χ1n) is 12.3. The number of benzene rings is 2. The number of carbonyl (C=O) groups is 2. The van der Waals surface area contributed by atoms with Crippen LogP contribution in [0.2, 0.25) is 5.02 Å². The average molecular weight is 605 g/mol. The van der Waals surface area contributed by atoms with E-state index >= 15 is 0 Å². The lowest BCUT2D eigenvalue weighted by molar-refractivity contribution is -0.143. The number of alkyl halides is 3. The fourth-order valence-corrected chi connectivity index (χ4v) is 5.83. The van der Waals surface area contributed by atoms with Crippen LogP contribution in [0.4, 0.5) is 28.5 Å². The molecule has 4 aromatic rings. The standard InChI is InChI=1S/C28H21ClF4N4O3S/c29-21-11-16(12-34-24(21)37-10-9-17(26(39)40)19(13-37)15-5-2-1-3-6-15)25(38)36-27-35-22(14-41-27)18-7-4-8-20(23(18)30)28(31,32)33/h1-8,11-12,14,17,19H,9-10,13H2,(H,39,40)(H,35,36,38)/t17-,19+/m1/s1. The molecule has 1 aliphatic rings. The Bertz CT molecular complexity index is 1600. The lowest BCUT2D eigenvalue weighted by Crippen LogP contribution is -2.42. The molecule has 0 unspecified atom stereocenters. The summed E-state index contributed by atoms with van der Waals surface area (Å²) >= 11 is 7.43. The quantitative estimate of drug-likeness (QED) is 0.231. The van der Waals surface area contributed by atoms with E-state index in [0.717, 1.165) is 23.0 Å². The van der Waals surface area contributed by atoms with Crippen LogP contribution in [0.5, 0.6) is 0 Å². The molecule has 0 spiro atoms. The Morgan fingerprint density at radius 3 is 2.56 bits per heavy atom. The van der Waals surface area contributed by atoms with E-state index in [9.17, 15) is 32.3 Å². The van der Waals surface area contributed by atoms with Crippen LogP contribution in [0, 0.1) is 11.7 Å². The van der Waals surface area contributed by atoms with E-state index < -0.39 is 35.4 Å². The normalized spacial score (nSPS) is 17.3. The number of nitrogens with zero attached hydrogens (tertiary/aromatic N) is 3. The summed E-state index contributed by atoms with van der Waals surface area (Å²) in [6.07, 6.45) is -3.16. The van der Waals surface area contributed by atoms with E-state index in [1.165, 1.54) is 23.7 Å². The summed E-state index contributed by atoms with van der Waals surface area (Å²) in [6.45, 7) is 0.778. The van der Waals surface area contributed by atoms with Crippen molar-refractivity contribution in [3.63, 3.8) is 0 Å². The minimum absolute atomic E-state index is 0.0449. The highest BCUT2D eigenvalue weighted by Gasteiger charge is 2.37. The first-order chi connectivity index (χ1) is 19.5. The Morgan fingerprint density at radius 1 is 1.12 bits per heavy atom. The summed E-state index contributed by atoms with van der Waals surface area (Å²) in [4.78, 5) is 35.1. The Kier molecular flexibility index (Phi) is 7.96. The van der Waals surface area contributed by atoms with Gasteiger partial charge >= 0.3 is 12.1 Å². The molecule has 3 heterocycles. The van der Waals surface area contributed by atoms with Crippen LogP contribution in [-0.4, -0.2) is 40.0 Å². The van der Waals surface area contributed by atoms with Crippen LogP contribution in [0.3, 0.4) is 0 Å². The molecule has 41 heavy (non-hydrogen) atoms. The molecule has 2 aromatic carbocycles. The first-order valence-corrected chi connectivity index (χ1v) is 13.6. The zero-order valence-electron chi connectivity index (χ0n) is 21.0. The van der Waals surface area contributed by atoms with Crippen molar-refractivity contribution >= 4 is 45.8 Å². The van der Waals surface area contributed by atoms with Crippen LogP contribution in [0.1, 0.15) is 33.8 Å². The predicted molar refractivity (Wildman–Crippen MR) is 147 cm³/mol. The number of piperidine rings is 1. The minimum atomic E-state index is -4.86. The van der Waals surface area contributed by atoms with Gasteiger partial charge in [-0.2, -0.15) is 13.2 Å². The number of amides is 1. The molecule has 13 heteroatoms. The third-order valence-corrected chi connectivity index (χ3v) is 7.88. The molecule has 212 valence electrons. The number of hydrogen-bond acceptors (Lipinski definition) is 6.